The molecule has 2 atom stereocenters. The van der Waals surface area contributed by atoms with Crippen molar-refractivity contribution in [2.24, 2.45) is 5.41 Å². The molecule has 0 saturated carbocycles. The average molecular weight is 490 g/mol. The molecule has 0 aromatic heterocycles. The summed E-state index contributed by atoms with van der Waals surface area (Å²) in [5, 5.41) is 6.11. The summed E-state index contributed by atoms with van der Waals surface area (Å²) in [4.78, 5) is 39.7. The van der Waals surface area contributed by atoms with E-state index in [1.54, 1.807) is 27.1 Å². The standard InChI is InChI=1S/C25H39N3O4.C3H8/c1-17(23(31)32-9)15-16-28(8)22(30)20(24(2,3)4)27-21(29)19(26-7)25(5,6)18-13-11-10-12-14-18;1-3-2/h10-15,19-20,26H,16H2,1-9H3,(H,27,29);3H2,1-2H3/b17-15+;/t19-,20?;/m1./s1. The first-order valence-electron chi connectivity index (χ1n) is 12.2. The summed E-state index contributed by atoms with van der Waals surface area (Å²) >= 11 is 0. The largest absolute Gasteiger partial charge is 0.466 e. The second-order valence-corrected chi connectivity index (χ2v) is 10.4. The van der Waals surface area contributed by atoms with Crippen molar-refractivity contribution in [1.29, 1.82) is 0 Å². The van der Waals surface area contributed by atoms with E-state index >= 15 is 0 Å². The summed E-state index contributed by atoms with van der Waals surface area (Å²) in [6, 6.07) is 8.53. The maximum atomic E-state index is 13.4. The third kappa shape index (κ3) is 9.84. The van der Waals surface area contributed by atoms with Gasteiger partial charge in [-0.25, -0.2) is 4.79 Å². The van der Waals surface area contributed by atoms with Gasteiger partial charge in [-0.15, -0.1) is 0 Å². The zero-order valence-electron chi connectivity index (χ0n) is 23.6. The number of hydrogen-bond donors (Lipinski definition) is 2. The van der Waals surface area contributed by atoms with Crippen LogP contribution in [0.25, 0.3) is 0 Å². The third-order valence-electron chi connectivity index (χ3n) is 5.74. The molecular formula is C28H47N3O4. The van der Waals surface area contributed by atoms with Crippen LogP contribution in [0.4, 0.5) is 0 Å². The first-order valence-corrected chi connectivity index (χ1v) is 12.2. The van der Waals surface area contributed by atoms with Crippen LogP contribution in [0.3, 0.4) is 0 Å². The van der Waals surface area contributed by atoms with Crippen LogP contribution < -0.4 is 10.6 Å². The summed E-state index contributed by atoms with van der Waals surface area (Å²) in [5.41, 5.74) is 0.423. The van der Waals surface area contributed by atoms with Crippen molar-refractivity contribution >= 4 is 17.8 Å². The smallest absolute Gasteiger partial charge is 0.333 e. The van der Waals surface area contributed by atoms with Crippen LogP contribution in [0.5, 0.6) is 0 Å². The summed E-state index contributed by atoms with van der Waals surface area (Å²) in [6.45, 7) is 15.9. The Morgan fingerprint density at radius 3 is 1.97 bits per heavy atom. The van der Waals surface area contributed by atoms with Gasteiger partial charge in [-0.2, -0.15) is 0 Å². The molecule has 7 heteroatoms. The molecule has 7 nitrogen and oxygen atoms in total. The topological polar surface area (TPSA) is 87.7 Å². The number of carbonyl (C=O) groups is 3. The Labute approximate surface area is 212 Å². The predicted molar refractivity (Wildman–Crippen MR) is 143 cm³/mol. The fraction of sp³-hybridized carbons (Fsp3) is 0.607. The average Bonchev–Trinajstić information content (AvgIpc) is 2.80. The number of nitrogens with zero attached hydrogens (tertiary/aromatic N) is 1. The minimum atomic E-state index is -0.741. The Hall–Kier alpha value is -2.67. The molecule has 0 heterocycles. The van der Waals surface area contributed by atoms with Crippen LogP contribution in [0.2, 0.25) is 0 Å². The number of amides is 2. The molecule has 1 unspecified atom stereocenters. The van der Waals surface area contributed by atoms with Crippen molar-refractivity contribution in [3.8, 4) is 0 Å². The van der Waals surface area contributed by atoms with Crippen LogP contribution in [-0.4, -0.2) is 62.5 Å². The van der Waals surface area contributed by atoms with Crippen LogP contribution in [0, 0.1) is 5.41 Å². The molecule has 2 amide bonds. The zero-order valence-corrected chi connectivity index (χ0v) is 23.6. The SMILES string of the molecule is CCC.CN[C@H](C(=O)NC(C(=O)N(C)C/C=C(\C)C(=O)OC)C(C)(C)C)C(C)(C)c1ccccc1. The molecule has 0 fully saturated rings. The number of likely N-dealkylation sites (N-methyl/N-ethyl adjacent to an activating group) is 2. The molecule has 1 aromatic rings. The minimum absolute atomic E-state index is 0.229. The number of methoxy groups -OCH3 is 1. The monoisotopic (exact) mass is 489 g/mol. The molecule has 0 radical (unpaired) electrons. The highest BCUT2D eigenvalue weighted by Crippen LogP contribution is 2.28. The highest BCUT2D eigenvalue weighted by Gasteiger charge is 2.40. The molecule has 1 rings (SSSR count). The Morgan fingerprint density at radius 1 is 1.03 bits per heavy atom. The van der Waals surface area contributed by atoms with Crippen LogP contribution >= 0.6 is 0 Å². The fourth-order valence-corrected chi connectivity index (χ4v) is 3.56. The predicted octanol–water partition coefficient (Wildman–Crippen LogP) is 4.08. The van der Waals surface area contributed by atoms with E-state index < -0.39 is 28.9 Å². The van der Waals surface area contributed by atoms with Crippen molar-refractivity contribution in [3.05, 3.63) is 47.5 Å². The number of carbonyl (C=O) groups excluding carboxylic acids is 3. The molecule has 0 aliphatic carbocycles. The Balaban J connectivity index is 0.00000365. The summed E-state index contributed by atoms with van der Waals surface area (Å²) in [5.74, 6) is -0.914. The molecule has 1 aromatic carbocycles. The molecule has 198 valence electrons. The van der Waals surface area contributed by atoms with Gasteiger partial charge < -0.3 is 20.3 Å². The number of benzene rings is 1. The lowest BCUT2D eigenvalue weighted by Crippen LogP contribution is -2.60. The Kier molecular flexibility index (Phi) is 13.5. The lowest BCUT2D eigenvalue weighted by atomic mass is 9.76. The van der Waals surface area contributed by atoms with E-state index in [9.17, 15) is 14.4 Å². The van der Waals surface area contributed by atoms with E-state index in [0.717, 1.165) is 5.56 Å². The fourth-order valence-electron chi connectivity index (χ4n) is 3.56. The van der Waals surface area contributed by atoms with Crippen LogP contribution in [-0.2, 0) is 24.5 Å². The number of rotatable bonds is 9. The first kappa shape index (κ1) is 32.3. The van der Waals surface area contributed by atoms with Gasteiger partial charge in [0.1, 0.15) is 6.04 Å². The van der Waals surface area contributed by atoms with E-state index in [1.165, 1.54) is 18.4 Å². The van der Waals surface area contributed by atoms with E-state index in [-0.39, 0.29) is 18.4 Å². The number of esters is 1. The second kappa shape index (κ2) is 14.7. The van der Waals surface area contributed by atoms with Crippen molar-refractivity contribution in [2.75, 3.05) is 27.7 Å². The molecule has 35 heavy (non-hydrogen) atoms. The maximum absolute atomic E-state index is 13.4. The second-order valence-electron chi connectivity index (χ2n) is 10.4. The first-order chi connectivity index (χ1) is 16.2. The molecule has 0 saturated heterocycles. The van der Waals surface area contributed by atoms with Crippen LogP contribution in [0.15, 0.2) is 42.0 Å². The molecule has 0 aliphatic rings. The lowest BCUT2D eigenvalue weighted by Gasteiger charge is -2.38. The summed E-state index contributed by atoms with van der Waals surface area (Å²) in [6.07, 6.45) is 2.89. The highest BCUT2D eigenvalue weighted by atomic mass is 16.5. The number of nitrogens with one attached hydrogen (secondary N) is 2. The number of hydrogen-bond acceptors (Lipinski definition) is 5. The van der Waals surface area contributed by atoms with E-state index in [4.69, 9.17) is 4.74 Å². The summed E-state index contributed by atoms with van der Waals surface area (Å²) in [7, 11) is 4.71. The maximum Gasteiger partial charge on any atom is 0.333 e. The summed E-state index contributed by atoms with van der Waals surface area (Å²) < 4.78 is 4.69. The highest BCUT2D eigenvalue weighted by molar-refractivity contribution is 5.91. The van der Waals surface area contributed by atoms with E-state index in [1.807, 2.05) is 65.0 Å². The van der Waals surface area contributed by atoms with Crippen molar-refractivity contribution in [2.45, 2.75) is 79.3 Å². The molecule has 0 bridgehead atoms. The van der Waals surface area contributed by atoms with Gasteiger partial charge in [-0.1, -0.05) is 91.3 Å². The molecule has 2 N–H and O–H groups in total. The molecular weight excluding hydrogens is 442 g/mol. The Morgan fingerprint density at radius 2 is 1.54 bits per heavy atom. The molecule has 0 aliphatic heterocycles. The van der Waals surface area contributed by atoms with Gasteiger partial charge in [-0.05, 0) is 24.9 Å². The third-order valence-corrected chi connectivity index (χ3v) is 5.74. The van der Waals surface area contributed by atoms with Gasteiger partial charge in [0.15, 0.2) is 0 Å². The Bertz CT molecular complexity index is 842. The van der Waals surface area contributed by atoms with Crippen LogP contribution in [0.1, 0.15) is 67.4 Å². The van der Waals surface area contributed by atoms with Gasteiger partial charge in [0.25, 0.3) is 0 Å². The van der Waals surface area contributed by atoms with Crippen molar-refractivity contribution < 1.29 is 19.1 Å². The van der Waals surface area contributed by atoms with Gasteiger partial charge in [0.05, 0.1) is 13.2 Å². The van der Waals surface area contributed by atoms with Crippen molar-refractivity contribution in [1.82, 2.24) is 15.5 Å². The zero-order chi connectivity index (χ0) is 27.4. The van der Waals surface area contributed by atoms with Gasteiger partial charge in [-0.3, -0.25) is 9.59 Å². The van der Waals surface area contributed by atoms with E-state index in [2.05, 4.69) is 24.5 Å². The van der Waals surface area contributed by atoms with Crippen molar-refractivity contribution in [3.63, 3.8) is 0 Å². The lowest BCUT2D eigenvalue weighted by molar-refractivity contribution is -0.139. The number of ether oxygens (including phenoxy) is 1. The minimum Gasteiger partial charge on any atom is -0.466 e. The van der Waals surface area contributed by atoms with Gasteiger partial charge in [0.2, 0.25) is 11.8 Å². The normalized spacial score (nSPS) is 13.6. The quantitative estimate of drug-likeness (QED) is 0.403. The molecule has 0 spiro atoms. The van der Waals surface area contributed by atoms with Gasteiger partial charge in [0, 0.05) is 24.6 Å². The van der Waals surface area contributed by atoms with E-state index in [0.29, 0.717) is 5.57 Å². The van der Waals surface area contributed by atoms with Gasteiger partial charge >= 0.3 is 5.97 Å².